The molecule has 0 spiro atoms. The first kappa shape index (κ1) is 16.5. The van der Waals surface area contributed by atoms with Crippen LogP contribution in [0.1, 0.15) is 0 Å². The van der Waals surface area contributed by atoms with Crippen molar-refractivity contribution < 1.29 is 19.8 Å². The smallest absolute Gasteiger partial charge is 0.545 e. The van der Waals surface area contributed by atoms with E-state index < -0.39 is 11.9 Å². The molecule has 0 unspecified atom stereocenters. The van der Waals surface area contributed by atoms with Crippen molar-refractivity contribution in [1.29, 1.82) is 0 Å². The molecule has 2 radical (unpaired) electrons. The second-order valence-corrected chi connectivity index (χ2v) is 1.05. The van der Waals surface area contributed by atoms with E-state index >= 15 is 0 Å². The molecule has 0 aromatic carbocycles. The van der Waals surface area contributed by atoms with E-state index in [2.05, 4.69) is 13.2 Å². The molecule has 0 amide bonds. The maximum Gasteiger partial charge on any atom is 2.00 e. The van der Waals surface area contributed by atoms with Gasteiger partial charge in [-0.25, -0.2) is 0 Å². The third kappa shape index (κ3) is 49.5. The molecule has 0 bridgehead atoms. The van der Waals surface area contributed by atoms with Crippen molar-refractivity contribution in [2.24, 2.45) is 0 Å². The molecule has 0 saturated carbocycles. The summed E-state index contributed by atoms with van der Waals surface area (Å²) in [6.45, 7) is 5.80. The molecule has 0 rings (SSSR count). The Morgan fingerprint density at radius 3 is 1.09 bits per heavy atom. The third-order valence-corrected chi connectivity index (χ3v) is 0.333. The number of carbonyl (C=O) groups excluding carboxylic acids is 2. The Hall–Kier alpha value is -1.04. The van der Waals surface area contributed by atoms with Crippen LogP contribution in [0.5, 0.6) is 0 Å². The van der Waals surface area contributed by atoms with Crippen molar-refractivity contribution >= 4 is 29.5 Å². The van der Waals surface area contributed by atoms with Crippen molar-refractivity contribution in [3.8, 4) is 0 Å². The van der Waals surface area contributed by atoms with Crippen LogP contribution in [0.25, 0.3) is 0 Å². The van der Waals surface area contributed by atoms with Crippen LogP contribution in [0.4, 0.5) is 0 Å². The summed E-state index contributed by atoms with van der Waals surface area (Å²) in [5, 5.41) is 18.3. The summed E-state index contributed by atoms with van der Waals surface area (Å²) in [7, 11) is 0. The predicted molar refractivity (Wildman–Crippen MR) is 36.2 cm³/mol. The number of carboxylic acids is 2. The summed E-state index contributed by atoms with van der Waals surface area (Å²) in [5.41, 5.74) is 0. The van der Waals surface area contributed by atoms with Gasteiger partial charge in [0.1, 0.15) is 0 Å². The van der Waals surface area contributed by atoms with Gasteiger partial charge in [0, 0.05) is 0 Å². The quantitative estimate of drug-likeness (QED) is 0.375. The molecular formula is C6H6GeO4. The molecule has 5 heteroatoms. The minimum absolute atomic E-state index is 0. The molecule has 0 aromatic rings. The zero-order valence-corrected chi connectivity index (χ0v) is 7.80. The molecule has 0 aliphatic heterocycles. The van der Waals surface area contributed by atoms with Crippen molar-refractivity contribution in [2.45, 2.75) is 0 Å². The summed E-state index contributed by atoms with van der Waals surface area (Å²) >= 11 is 0. The van der Waals surface area contributed by atoms with Gasteiger partial charge in [-0.05, 0) is 12.2 Å². The van der Waals surface area contributed by atoms with Crippen molar-refractivity contribution in [2.75, 3.05) is 0 Å². The third-order valence-electron chi connectivity index (χ3n) is 0.333. The first-order chi connectivity index (χ1) is 4.54. The molecule has 0 atom stereocenters. The van der Waals surface area contributed by atoms with E-state index in [0.717, 1.165) is 12.2 Å². The van der Waals surface area contributed by atoms with Gasteiger partial charge in [0.05, 0.1) is 11.9 Å². The molecule has 11 heavy (non-hydrogen) atoms. The van der Waals surface area contributed by atoms with Gasteiger partial charge < -0.3 is 19.8 Å². The number of carboxylic acid groups (broad SMARTS) is 2. The normalized spacial score (nSPS) is 5.82. The van der Waals surface area contributed by atoms with Crippen LogP contribution < -0.4 is 10.2 Å². The second-order valence-electron chi connectivity index (χ2n) is 1.05. The first-order valence-electron chi connectivity index (χ1n) is 2.21. The van der Waals surface area contributed by atoms with Crippen LogP contribution in [0.3, 0.4) is 0 Å². The molecule has 0 aliphatic carbocycles. The van der Waals surface area contributed by atoms with Gasteiger partial charge in [-0.1, -0.05) is 13.2 Å². The largest absolute Gasteiger partial charge is 2.00 e. The van der Waals surface area contributed by atoms with Gasteiger partial charge in [-0.3, -0.25) is 0 Å². The fraction of sp³-hybridized carbons (Fsp3) is 0. The first-order valence-corrected chi connectivity index (χ1v) is 2.21. The topological polar surface area (TPSA) is 80.3 Å². The number of hydrogen-bond acceptors (Lipinski definition) is 4. The average Bonchev–Trinajstić information content (AvgIpc) is 1.89. The molecule has 0 heterocycles. The summed E-state index contributed by atoms with van der Waals surface area (Å²) in [6.07, 6.45) is 1.44. The van der Waals surface area contributed by atoms with Gasteiger partial charge >= 0.3 is 17.6 Å². The zero-order valence-electron chi connectivity index (χ0n) is 5.70. The van der Waals surface area contributed by atoms with E-state index in [1.54, 1.807) is 0 Å². The van der Waals surface area contributed by atoms with Crippen molar-refractivity contribution in [3.63, 3.8) is 0 Å². The average molecular weight is 215 g/mol. The Bertz CT molecular complexity index is 135. The molecule has 4 nitrogen and oxygen atoms in total. The Morgan fingerprint density at radius 2 is 1.09 bits per heavy atom. The van der Waals surface area contributed by atoms with Gasteiger partial charge in [0.2, 0.25) is 0 Å². The van der Waals surface area contributed by atoms with Crippen LogP contribution in [0.15, 0.2) is 25.3 Å². The van der Waals surface area contributed by atoms with Crippen LogP contribution in [-0.4, -0.2) is 29.5 Å². The number of hydrogen-bond donors (Lipinski definition) is 0. The maximum atomic E-state index is 9.14. The maximum absolute atomic E-state index is 9.14. The Kier molecular flexibility index (Phi) is 17.6. The van der Waals surface area contributed by atoms with Crippen LogP contribution in [-0.2, 0) is 9.59 Å². The van der Waals surface area contributed by atoms with E-state index in [4.69, 9.17) is 19.8 Å². The fourth-order valence-corrected chi connectivity index (χ4v) is 0. The molecular weight excluding hydrogens is 209 g/mol. The summed E-state index contributed by atoms with van der Waals surface area (Å²) in [4.78, 5) is 18.3. The molecule has 0 saturated heterocycles. The Morgan fingerprint density at radius 1 is 1.00 bits per heavy atom. The van der Waals surface area contributed by atoms with Crippen LogP contribution in [0, 0.1) is 0 Å². The number of aliphatic carboxylic acids is 2. The Balaban J connectivity index is -0.000000107. The Labute approximate surface area is 75.2 Å². The standard InChI is InChI=1S/2C3H4O2.Ge/c2*1-2-3(4)5;/h2*2H,1H2,(H,4,5);/q;;+2/p-2. The predicted octanol–water partition coefficient (Wildman–Crippen LogP) is -2.54. The number of rotatable bonds is 2. The van der Waals surface area contributed by atoms with Gasteiger partial charge in [0.25, 0.3) is 0 Å². The number of carbonyl (C=O) groups is 2. The van der Waals surface area contributed by atoms with Crippen LogP contribution >= 0.6 is 0 Å². The molecule has 0 aliphatic rings. The van der Waals surface area contributed by atoms with E-state index in [0.29, 0.717) is 0 Å². The van der Waals surface area contributed by atoms with Gasteiger partial charge in [-0.2, -0.15) is 0 Å². The molecule has 0 aromatic heterocycles. The van der Waals surface area contributed by atoms with Gasteiger partial charge in [-0.15, -0.1) is 0 Å². The van der Waals surface area contributed by atoms with E-state index in [9.17, 15) is 0 Å². The summed E-state index contributed by atoms with van der Waals surface area (Å²) in [5.74, 6) is -2.46. The van der Waals surface area contributed by atoms with E-state index in [1.165, 1.54) is 0 Å². The van der Waals surface area contributed by atoms with Gasteiger partial charge in [0.15, 0.2) is 0 Å². The van der Waals surface area contributed by atoms with Crippen LogP contribution in [0.2, 0.25) is 0 Å². The summed E-state index contributed by atoms with van der Waals surface area (Å²) in [6, 6.07) is 0. The minimum atomic E-state index is -1.23. The van der Waals surface area contributed by atoms with Crippen molar-refractivity contribution in [1.82, 2.24) is 0 Å². The second kappa shape index (κ2) is 11.7. The zero-order chi connectivity index (χ0) is 8.57. The summed E-state index contributed by atoms with van der Waals surface area (Å²) < 4.78 is 0. The van der Waals surface area contributed by atoms with E-state index in [-0.39, 0.29) is 17.6 Å². The molecule has 0 N–H and O–H groups in total. The molecule has 0 fully saturated rings. The van der Waals surface area contributed by atoms with E-state index in [1.807, 2.05) is 0 Å². The SMILES string of the molecule is C=CC(=O)[O-].C=CC(=O)[O-].[Ge+2]. The minimum Gasteiger partial charge on any atom is -0.545 e. The fourth-order valence-electron chi connectivity index (χ4n) is 0. The van der Waals surface area contributed by atoms with Crippen molar-refractivity contribution in [3.05, 3.63) is 25.3 Å². The monoisotopic (exact) mass is 216 g/mol. The molecule has 58 valence electrons.